The summed E-state index contributed by atoms with van der Waals surface area (Å²) in [5, 5.41) is 0. The zero-order valence-corrected chi connectivity index (χ0v) is 20.9. The minimum atomic E-state index is -1.26. The molecule has 1 spiro atoms. The molecule has 0 aliphatic carbocycles. The molecule has 3 aromatic rings. The molecule has 0 atom stereocenters. The molecule has 2 heterocycles. The van der Waals surface area contributed by atoms with Crippen LogP contribution in [0.25, 0.3) is 0 Å². The number of carbonyl (C=O) groups is 3. The van der Waals surface area contributed by atoms with E-state index in [1.165, 1.54) is 0 Å². The minimum Gasteiger partial charge on any atom is -0.456 e. The van der Waals surface area contributed by atoms with Gasteiger partial charge in [0.1, 0.15) is 23.0 Å². The molecule has 0 radical (unpaired) electrons. The van der Waals surface area contributed by atoms with E-state index in [4.69, 9.17) is 18.9 Å². The predicted octanol–water partition coefficient (Wildman–Crippen LogP) is 6.45. The Labute approximate surface area is 215 Å². The Bertz CT molecular complexity index is 1300. The molecule has 0 N–H and O–H groups in total. The van der Waals surface area contributed by atoms with Crippen LogP contribution in [0.2, 0.25) is 0 Å². The van der Waals surface area contributed by atoms with E-state index < -0.39 is 11.6 Å². The van der Waals surface area contributed by atoms with Gasteiger partial charge in [0, 0.05) is 41.7 Å². The van der Waals surface area contributed by atoms with Gasteiger partial charge in [0.05, 0.1) is 5.56 Å². The monoisotopic (exact) mass is 500 g/mol. The number of unbranched alkanes of at least 4 members (excludes halogenated alkanes) is 2. The largest absolute Gasteiger partial charge is 0.456 e. The van der Waals surface area contributed by atoms with Crippen LogP contribution < -0.4 is 14.2 Å². The number of hydrogen-bond acceptors (Lipinski definition) is 7. The Hall–Kier alpha value is -4.13. The first-order valence-electron chi connectivity index (χ1n) is 12.7. The summed E-state index contributed by atoms with van der Waals surface area (Å²) in [6.07, 6.45) is 3.89. The Balaban J connectivity index is 1.58. The molecule has 3 aromatic carbocycles. The number of ether oxygens (including phenoxy) is 4. The standard InChI is InChI=1S/C30H28O7/c1-3-5-11-27(31)34-19-13-15-23-25(17-19)36-26-18-20(35-28(32)12-6-4-2)14-16-24(26)30(23)22-10-8-7-9-21(22)29(33)37-30/h7-10,13-18H,3-6,11-12H2,1-2H3. The van der Waals surface area contributed by atoms with Crippen LogP contribution in [-0.2, 0) is 19.9 Å². The predicted molar refractivity (Wildman–Crippen MR) is 135 cm³/mol. The molecule has 2 aliphatic heterocycles. The summed E-state index contributed by atoms with van der Waals surface area (Å²) in [5.74, 6) is 0.328. The molecule has 0 unspecified atom stereocenters. The summed E-state index contributed by atoms with van der Waals surface area (Å²) in [6.45, 7) is 4.01. The fourth-order valence-corrected chi connectivity index (χ4v) is 4.77. The maximum absolute atomic E-state index is 13.0. The zero-order chi connectivity index (χ0) is 26.0. The lowest BCUT2D eigenvalue weighted by Crippen LogP contribution is -2.33. The third kappa shape index (κ3) is 4.46. The SMILES string of the molecule is CCCCC(=O)Oc1ccc2c(c1)Oc1cc(OC(=O)CCCC)ccc1C21OC(=O)c2ccccc21. The second-order valence-electron chi connectivity index (χ2n) is 9.19. The molecule has 2 aliphatic rings. The van der Waals surface area contributed by atoms with Gasteiger partial charge in [0.25, 0.3) is 0 Å². The highest BCUT2D eigenvalue weighted by atomic mass is 16.6. The molecular weight excluding hydrogens is 472 g/mol. The second-order valence-corrected chi connectivity index (χ2v) is 9.19. The van der Waals surface area contributed by atoms with Crippen molar-refractivity contribution in [3.8, 4) is 23.0 Å². The van der Waals surface area contributed by atoms with Gasteiger partial charge < -0.3 is 18.9 Å². The number of esters is 3. The van der Waals surface area contributed by atoms with Crippen molar-refractivity contribution in [1.29, 1.82) is 0 Å². The molecule has 7 heteroatoms. The van der Waals surface area contributed by atoms with Crippen molar-refractivity contribution in [3.63, 3.8) is 0 Å². The first-order valence-corrected chi connectivity index (χ1v) is 12.7. The molecule has 0 saturated carbocycles. The van der Waals surface area contributed by atoms with Gasteiger partial charge in [-0.05, 0) is 43.2 Å². The van der Waals surface area contributed by atoms with Gasteiger partial charge in [-0.3, -0.25) is 9.59 Å². The maximum atomic E-state index is 13.0. The van der Waals surface area contributed by atoms with E-state index in [2.05, 4.69) is 0 Å². The number of hydrogen-bond donors (Lipinski definition) is 0. The van der Waals surface area contributed by atoms with Crippen LogP contribution in [0.3, 0.4) is 0 Å². The number of fused-ring (bicyclic) bond motifs is 6. The Morgan fingerprint density at radius 3 is 1.84 bits per heavy atom. The smallest absolute Gasteiger partial charge is 0.340 e. The van der Waals surface area contributed by atoms with Gasteiger partial charge in [-0.25, -0.2) is 4.79 Å². The van der Waals surface area contributed by atoms with Gasteiger partial charge in [-0.15, -0.1) is 0 Å². The lowest BCUT2D eigenvalue weighted by atomic mass is 9.77. The fourth-order valence-electron chi connectivity index (χ4n) is 4.77. The van der Waals surface area contributed by atoms with E-state index in [1.807, 2.05) is 26.0 Å². The van der Waals surface area contributed by atoms with E-state index >= 15 is 0 Å². The highest BCUT2D eigenvalue weighted by molar-refractivity contribution is 5.97. The number of rotatable bonds is 8. The summed E-state index contributed by atoms with van der Waals surface area (Å²) in [7, 11) is 0. The Morgan fingerprint density at radius 1 is 0.757 bits per heavy atom. The quantitative estimate of drug-likeness (QED) is 0.260. The maximum Gasteiger partial charge on any atom is 0.340 e. The normalized spacial score (nSPS) is 14.2. The van der Waals surface area contributed by atoms with Gasteiger partial charge in [-0.2, -0.15) is 0 Å². The van der Waals surface area contributed by atoms with Crippen LogP contribution >= 0.6 is 0 Å². The number of benzene rings is 3. The van der Waals surface area contributed by atoms with Crippen molar-refractivity contribution in [2.45, 2.75) is 58.0 Å². The molecule has 0 fully saturated rings. The average Bonchev–Trinajstić information content (AvgIpc) is 3.19. The van der Waals surface area contributed by atoms with E-state index in [0.717, 1.165) is 25.7 Å². The van der Waals surface area contributed by atoms with Crippen molar-refractivity contribution in [2.24, 2.45) is 0 Å². The second kappa shape index (κ2) is 10.1. The van der Waals surface area contributed by atoms with Crippen molar-refractivity contribution in [1.82, 2.24) is 0 Å². The lowest BCUT2D eigenvalue weighted by molar-refractivity contribution is -0.135. The lowest BCUT2D eigenvalue weighted by Gasteiger charge is -2.36. The molecule has 7 nitrogen and oxygen atoms in total. The van der Waals surface area contributed by atoms with Gasteiger partial charge in [0.15, 0.2) is 5.60 Å². The van der Waals surface area contributed by atoms with E-state index in [0.29, 0.717) is 58.1 Å². The third-order valence-corrected chi connectivity index (χ3v) is 6.59. The van der Waals surface area contributed by atoms with Crippen LogP contribution in [0.1, 0.15) is 79.4 Å². The van der Waals surface area contributed by atoms with Crippen LogP contribution in [0, 0.1) is 0 Å². The summed E-state index contributed by atoms with van der Waals surface area (Å²) in [6, 6.07) is 17.4. The topological polar surface area (TPSA) is 88.1 Å². The van der Waals surface area contributed by atoms with Crippen molar-refractivity contribution >= 4 is 17.9 Å². The van der Waals surface area contributed by atoms with E-state index in [1.54, 1.807) is 48.5 Å². The van der Waals surface area contributed by atoms with Crippen LogP contribution in [0.5, 0.6) is 23.0 Å². The molecular formula is C30H28O7. The van der Waals surface area contributed by atoms with Crippen LogP contribution in [-0.4, -0.2) is 17.9 Å². The Kier molecular flexibility index (Phi) is 6.70. The summed E-state index contributed by atoms with van der Waals surface area (Å²) in [5.41, 5.74) is 1.11. The van der Waals surface area contributed by atoms with Gasteiger partial charge >= 0.3 is 17.9 Å². The molecule has 190 valence electrons. The van der Waals surface area contributed by atoms with E-state index in [-0.39, 0.29) is 11.9 Å². The third-order valence-electron chi connectivity index (χ3n) is 6.59. The molecule has 0 bridgehead atoms. The average molecular weight is 501 g/mol. The molecule has 0 saturated heterocycles. The highest BCUT2D eigenvalue weighted by Gasteiger charge is 2.53. The summed E-state index contributed by atoms with van der Waals surface area (Å²) < 4.78 is 23.4. The van der Waals surface area contributed by atoms with E-state index in [9.17, 15) is 14.4 Å². The zero-order valence-electron chi connectivity index (χ0n) is 20.9. The molecule has 0 amide bonds. The Morgan fingerprint density at radius 2 is 1.30 bits per heavy atom. The summed E-state index contributed by atoms with van der Waals surface area (Å²) >= 11 is 0. The van der Waals surface area contributed by atoms with Gasteiger partial charge in [0.2, 0.25) is 0 Å². The van der Waals surface area contributed by atoms with Crippen molar-refractivity contribution < 1.29 is 33.3 Å². The molecule has 37 heavy (non-hydrogen) atoms. The number of carbonyl (C=O) groups excluding carboxylic acids is 3. The van der Waals surface area contributed by atoms with Crippen LogP contribution in [0.15, 0.2) is 60.7 Å². The molecule has 0 aromatic heterocycles. The minimum absolute atomic E-state index is 0.318. The van der Waals surface area contributed by atoms with Crippen molar-refractivity contribution in [2.75, 3.05) is 0 Å². The fraction of sp³-hybridized carbons (Fsp3) is 0.300. The molecule has 5 rings (SSSR count). The first-order chi connectivity index (χ1) is 18.0. The van der Waals surface area contributed by atoms with Crippen LogP contribution in [0.4, 0.5) is 0 Å². The highest BCUT2D eigenvalue weighted by Crippen LogP contribution is 2.57. The summed E-state index contributed by atoms with van der Waals surface area (Å²) in [4.78, 5) is 37.5. The first kappa shape index (κ1) is 24.6. The van der Waals surface area contributed by atoms with Gasteiger partial charge in [-0.1, -0.05) is 44.9 Å². The van der Waals surface area contributed by atoms with Crippen molar-refractivity contribution in [3.05, 3.63) is 82.9 Å².